The Balaban J connectivity index is 2.22. The first-order valence-electron chi connectivity index (χ1n) is 6.82. The molecule has 0 saturated heterocycles. The maximum absolute atomic E-state index is 4.19. The first kappa shape index (κ1) is 14.1. The summed E-state index contributed by atoms with van der Waals surface area (Å²) in [5.41, 5.74) is 0. The lowest BCUT2D eigenvalue weighted by atomic mass is 10.2. The normalized spacial score (nSPS) is 14.5. The second-order valence-electron chi connectivity index (χ2n) is 4.60. The van der Waals surface area contributed by atoms with Gasteiger partial charge < -0.3 is 5.32 Å². The summed E-state index contributed by atoms with van der Waals surface area (Å²) in [5.74, 6) is 0.911. The van der Waals surface area contributed by atoms with E-state index < -0.39 is 0 Å². The predicted molar refractivity (Wildman–Crippen MR) is 77.3 cm³/mol. The summed E-state index contributed by atoms with van der Waals surface area (Å²) in [6.07, 6.45) is 2.09. The van der Waals surface area contributed by atoms with Crippen molar-refractivity contribution in [2.45, 2.75) is 45.7 Å². The van der Waals surface area contributed by atoms with Crippen molar-refractivity contribution < 1.29 is 0 Å². The Bertz CT molecular complexity index is 479. The third kappa shape index (κ3) is 3.19. The highest BCUT2D eigenvalue weighted by Crippen LogP contribution is 2.27. The van der Waals surface area contributed by atoms with E-state index in [1.165, 1.54) is 4.88 Å². The minimum Gasteiger partial charge on any atom is -0.307 e. The van der Waals surface area contributed by atoms with E-state index in [4.69, 9.17) is 0 Å². The van der Waals surface area contributed by atoms with Crippen LogP contribution in [0.4, 0.5) is 0 Å². The standard InChI is InChI=1S/C13H21N5S/c1-4-8-14-10(3)13-15-16-17-18(13)11(5-2)12-7-6-9-19-12/h6-7,9-11,14H,4-5,8H2,1-3H3. The topological polar surface area (TPSA) is 55.6 Å². The van der Waals surface area contributed by atoms with Crippen LogP contribution in [0.25, 0.3) is 0 Å². The van der Waals surface area contributed by atoms with Crippen LogP contribution in [0.3, 0.4) is 0 Å². The molecule has 0 spiro atoms. The van der Waals surface area contributed by atoms with Crippen molar-refractivity contribution >= 4 is 11.3 Å². The summed E-state index contributed by atoms with van der Waals surface area (Å²) in [6, 6.07) is 4.62. The summed E-state index contributed by atoms with van der Waals surface area (Å²) in [5, 5.41) is 17.8. The van der Waals surface area contributed by atoms with Gasteiger partial charge >= 0.3 is 0 Å². The Labute approximate surface area is 118 Å². The fourth-order valence-electron chi connectivity index (χ4n) is 2.14. The highest BCUT2D eigenvalue weighted by atomic mass is 32.1. The van der Waals surface area contributed by atoms with Crippen LogP contribution in [0.5, 0.6) is 0 Å². The molecule has 2 unspecified atom stereocenters. The fraction of sp³-hybridized carbons (Fsp3) is 0.615. The van der Waals surface area contributed by atoms with Gasteiger partial charge in [-0.2, -0.15) is 0 Å². The zero-order valence-corrected chi connectivity index (χ0v) is 12.5. The first-order chi connectivity index (χ1) is 9.27. The quantitative estimate of drug-likeness (QED) is 0.846. The van der Waals surface area contributed by atoms with Crippen LogP contribution in [-0.4, -0.2) is 26.8 Å². The van der Waals surface area contributed by atoms with Gasteiger partial charge in [-0.25, -0.2) is 4.68 Å². The summed E-state index contributed by atoms with van der Waals surface area (Å²) in [7, 11) is 0. The highest BCUT2D eigenvalue weighted by molar-refractivity contribution is 7.10. The fourth-order valence-corrected chi connectivity index (χ4v) is 3.03. The van der Waals surface area contributed by atoms with Crippen LogP contribution in [0.15, 0.2) is 17.5 Å². The van der Waals surface area contributed by atoms with Crippen molar-refractivity contribution in [1.82, 2.24) is 25.5 Å². The van der Waals surface area contributed by atoms with Crippen molar-refractivity contribution in [1.29, 1.82) is 0 Å². The van der Waals surface area contributed by atoms with Crippen LogP contribution >= 0.6 is 11.3 Å². The molecule has 2 rings (SSSR count). The average molecular weight is 279 g/mol. The molecule has 0 aliphatic heterocycles. The number of hydrogen-bond donors (Lipinski definition) is 1. The van der Waals surface area contributed by atoms with E-state index in [0.29, 0.717) is 0 Å². The average Bonchev–Trinajstić information content (AvgIpc) is 3.08. The highest BCUT2D eigenvalue weighted by Gasteiger charge is 2.21. The van der Waals surface area contributed by atoms with Crippen LogP contribution in [0, 0.1) is 0 Å². The second-order valence-corrected chi connectivity index (χ2v) is 5.58. The van der Waals surface area contributed by atoms with Gasteiger partial charge in [-0.1, -0.05) is 19.9 Å². The lowest BCUT2D eigenvalue weighted by molar-refractivity contribution is 0.442. The summed E-state index contributed by atoms with van der Waals surface area (Å²) in [4.78, 5) is 1.30. The second kappa shape index (κ2) is 6.77. The number of nitrogens with one attached hydrogen (secondary N) is 1. The van der Waals surface area contributed by atoms with Gasteiger partial charge in [0, 0.05) is 4.88 Å². The minimum atomic E-state index is 0.170. The number of nitrogens with zero attached hydrogens (tertiary/aromatic N) is 4. The molecule has 2 heterocycles. The summed E-state index contributed by atoms with van der Waals surface area (Å²) >= 11 is 1.76. The molecule has 0 aliphatic carbocycles. The molecule has 19 heavy (non-hydrogen) atoms. The molecule has 2 aromatic rings. The largest absolute Gasteiger partial charge is 0.307 e. The van der Waals surface area contributed by atoms with E-state index in [2.05, 4.69) is 59.1 Å². The molecule has 0 radical (unpaired) electrons. The molecule has 5 nitrogen and oxygen atoms in total. The molecule has 2 aromatic heterocycles. The van der Waals surface area contributed by atoms with Crippen LogP contribution < -0.4 is 5.32 Å². The van der Waals surface area contributed by atoms with E-state index in [1.807, 2.05) is 4.68 Å². The summed E-state index contributed by atoms with van der Waals surface area (Å²) < 4.78 is 1.96. The van der Waals surface area contributed by atoms with Gasteiger partial charge in [0.25, 0.3) is 0 Å². The number of hydrogen-bond acceptors (Lipinski definition) is 5. The van der Waals surface area contributed by atoms with Gasteiger partial charge in [-0.05, 0) is 48.2 Å². The summed E-state index contributed by atoms with van der Waals surface area (Å²) in [6.45, 7) is 7.41. The minimum absolute atomic E-state index is 0.170. The number of thiophene rings is 1. The van der Waals surface area contributed by atoms with Gasteiger partial charge in [0.1, 0.15) is 0 Å². The van der Waals surface area contributed by atoms with Gasteiger partial charge in [0.05, 0.1) is 12.1 Å². The van der Waals surface area contributed by atoms with Crippen molar-refractivity contribution in [2.75, 3.05) is 6.54 Å². The van der Waals surface area contributed by atoms with E-state index in [9.17, 15) is 0 Å². The smallest absolute Gasteiger partial charge is 0.168 e. The van der Waals surface area contributed by atoms with Gasteiger partial charge in [-0.3, -0.25) is 0 Å². The van der Waals surface area contributed by atoms with Gasteiger partial charge in [0.15, 0.2) is 5.82 Å². The molecule has 1 N–H and O–H groups in total. The Hall–Kier alpha value is -1.27. The maximum atomic E-state index is 4.19. The van der Waals surface area contributed by atoms with Crippen molar-refractivity contribution in [3.05, 3.63) is 28.2 Å². The molecular weight excluding hydrogens is 258 g/mol. The van der Waals surface area contributed by atoms with E-state index >= 15 is 0 Å². The van der Waals surface area contributed by atoms with Crippen molar-refractivity contribution in [3.63, 3.8) is 0 Å². The predicted octanol–water partition coefficient (Wildman–Crippen LogP) is 2.79. The molecule has 0 aliphatic rings. The third-order valence-electron chi connectivity index (χ3n) is 3.16. The van der Waals surface area contributed by atoms with Crippen molar-refractivity contribution in [3.8, 4) is 0 Å². The lowest BCUT2D eigenvalue weighted by Crippen LogP contribution is -2.25. The third-order valence-corrected chi connectivity index (χ3v) is 4.13. The molecule has 0 aromatic carbocycles. The molecule has 0 amide bonds. The van der Waals surface area contributed by atoms with E-state index in [0.717, 1.165) is 25.2 Å². The Kier molecular flexibility index (Phi) is 5.04. The van der Waals surface area contributed by atoms with Crippen LogP contribution in [0.1, 0.15) is 56.4 Å². The SMILES string of the molecule is CCCNC(C)c1nnnn1C(CC)c1cccs1. The van der Waals surface area contributed by atoms with Crippen LogP contribution in [0.2, 0.25) is 0 Å². The molecule has 104 valence electrons. The Morgan fingerprint density at radius 3 is 2.89 bits per heavy atom. The van der Waals surface area contributed by atoms with E-state index in [-0.39, 0.29) is 12.1 Å². The van der Waals surface area contributed by atoms with Gasteiger partial charge in [-0.15, -0.1) is 16.4 Å². The zero-order chi connectivity index (χ0) is 13.7. The molecule has 2 atom stereocenters. The molecule has 0 fully saturated rings. The number of tetrazole rings is 1. The van der Waals surface area contributed by atoms with E-state index in [1.54, 1.807) is 11.3 Å². The molecule has 0 saturated carbocycles. The Morgan fingerprint density at radius 2 is 2.26 bits per heavy atom. The molecule has 6 heteroatoms. The first-order valence-corrected chi connectivity index (χ1v) is 7.70. The lowest BCUT2D eigenvalue weighted by Gasteiger charge is -2.18. The molecule has 0 bridgehead atoms. The van der Waals surface area contributed by atoms with Crippen LogP contribution in [-0.2, 0) is 0 Å². The van der Waals surface area contributed by atoms with Gasteiger partial charge in [0.2, 0.25) is 0 Å². The van der Waals surface area contributed by atoms with Crippen molar-refractivity contribution in [2.24, 2.45) is 0 Å². The monoisotopic (exact) mass is 279 g/mol. The maximum Gasteiger partial charge on any atom is 0.168 e. The molecular formula is C13H21N5S. The Morgan fingerprint density at radius 1 is 1.42 bits per heavy atom. The number of rotatable bonds is 7. The zero-order valence-electron chi connectivity index (χ0n) is 11.7. The number of aromatic nitrogens is 4.